The first kappa shape index (κ1) is 19.0. The first-order chi connectivity index (χ1) is 12.7. The molecule has 2 aromatic heterocycles. The van der Waals surface area contributed by atoms with Gasteiger partial charge in [-0.1, -0.05) is 11.8 Å². The average molecular weight is 381 g/mol. The summed E-state index contributed by atoms with van der Waals surface area (Å²) in [5.74, 6) is 1.09. The average Bonchev–Trinajstić information content (AvgIpc) is 3.20. The Morgan fingerprint density at radius 3 is 3.04 bits per heavy atom. The van der Waals surface area contributed by atoms with E-state index in [0.717, 1.165) is 23.6 Å². The number of unbranched alkanes of at least 4 members (excludes halogenated alkanes) is 1. The van der Waals surface area contributed by atoms with Crippen LogP contribution in [0.4, 0.5) is 5.82 Å². The predicted octanol–water partition coefficient (Wildman–Crippen LogP) is 1.43. The molecule has 2 N–H and O–H groups in total. The third-order valence-electron chi connectivity index (χ3n) is 4.27. The highest BCUT2D eigenvalue weighted by atomic mass is 32.2. The summed E-state index contributed by atoms with van der Waals surface area (Å²) in [6, 6.07) is 0. The van der Waals surface area contributed by atoms with Crippen LogP contribution in [-0.2, 0) is 19.0 Å². The van der Waals surface area contributed by atoms with Gasteiger partial charge in [0.25, 0.3) is 0 Å². The van der Waals surface area contributed by atoms with Gasteiger partial charge in [-0.05, 0) is 6.42 Å². The zero-order valence-corrected chi connectivity index (χ0v) is 15.6. The Morgan fingerprint density at radius 1 is 1.46 bits per heavy atom. The van der Waals surface area contributed by atoms with Gasteiger partial charge >= 0.3 is 0 Å². The van der Waals surface area contributed by atoms with E-state index in [0.29, 0.717) is 36.4 Å². The number of thioether (sulfide) groups is 1. The first-order valence-electron chi connectivity index (χ1n) is 8.41. The molecule has 0 saturated carbocycles. The summed E-state index contributed by atoms with van der Waals surface area (Å²) in [7, 11) is 3.30. The van der Waals surface area contributed by atoms with Crippen LogP contribution >= 0.6 is 11.8 Å². The second kappa shape index (κ2) is 8.76. The van der Waals surface area contributed by atoms with Crippen LogP contribution in [0, 0.1) is 0 Å². The Morgan fingerprint density at radius 2 is 2.31 bits per heavy atom. The molecule has 0 aliphatic carbocycles. The molecule has 0 aromatic carbocycles. The lowest BCUT2D eigenvalue weighted by atomic mass is 10.2. The van der Waals surface area contributed by atoms with Crippen LogP contribution in [0.2, 0.25) is 0 Å². The molecular weight excluding hydrogens is 358 g/mol. The molecule has 0 amide bonds. The summed E-state index contributed by atoms with van der Waals surface area (Å²) in [5.41, 5.74) is 7.16. The number of rotatable bonds is 9. The Bertz CT molecular complexity index is 756. The van der Waals surface area contributed by atoms with Gasteiger partial charge in [0.2, 0.25) is 0 Å². The number of carbonyl (C=O) groups is 1. The highest BCUT2D eigenvalue weighted by Gasteiger charge is 2.38. The Hall–Kier alpha value is -1.75. The molecule has 1 saturated heterocycles. The summed E-state index contributed by atoms with van der Waals surface area (Å²) >= 11 is 1.55. The molecule has 0 spiro atoms. The number of fused-ring (bicyclic) bond motifs is 1. The molecule has 3 unspecified atom stereocenters. The molecule has 2 aromatic rings. The Balaban J connectivity index is 1.92. The van der Waals surface area contributed by atoms with E-state index in [-0.39, 0.29) is 18.4 Å². The molecule has 1 aliphatic rings. The molecular formula is C16H23N5O4S. The molecule has 0 radical (unpaired) electrons. The normalized spacial score (nSPS) is 22.9. The summed E-state index contributed by atoms with van der Waals surface area (Å²) in [5, 5.41) is 0.746. The predicted molar refractivity (Wildman–Crippen MR) is 97.0 cm³/mol. The molecule has 9 nitrogen and oxygen atoms in total. The van der Waals surface area contributed by atoms with E-state index in [4.69, 9.17) is 19.9 Å². The van der Waals surface area contributed by atoms with Crippen LogP contribution in [0.5, 0.6) is 0 Å². The van der Waals surface area contributed by atoms with Crippen LogP contribution in [-0.4, -0.2) is 64.6 Å². The van der Waals surface area contributed by atoms with Crippen LogP contribution in [0.15, 0.2) is 11.5 Å². The van der Waals surface area contributed by atoms with E-state index < -0.39 is 0 Å². The van der Waals surface area contributed by atoms with E-state index in [2.05, 4.69) is 15.0 Å². The Labute approximate surface area is 155 Å². The number of ether oxygens (including phenoxy) is 3. The lowest BCUT2D eigenvalue weighted by Gasteiger charge is -2.17. The molecule has 26 heavy (non-hydrogen) atoms. The molecule has 0 bridgehead atoms. The van der Waals surface area contributed by atoms with E-state index in [9.17, 15) is 4.79 Å². The summed E-state index contributed by atoms with van der Waals surface area (Å²) in [4.78, 5) is 23.5. The number of imidazole rings is 1. The molecule has 3 rings (SSSR count). The second-order valence-electron chi connectivity index (χ2n) is 5.95. The zero-order valence-electron chi connectivity index (χ0n) is 14.8. The van der Waals surface area contributed by atoms with Crippen molar-refractivity contribution in [3.8, 4) is 0 Å². The highest BCUT2D eigenvalue weighted by Crippen LogP contribution is 2.37. The molecule has 1 aliphatic heterocycles. The first-order valence-corrected chi connectivity index (χ1v) is 9.40. The number of aldehydes is 1. The fourth-order valence-corrected chi connectivity index (χ4v) is 4.01. The molecule has 10 heteroatoms. The maximum Gasteiger partial charge on any atom is 0.172 e. The van der Waals surface area contributed by atoms with Gasteiger partial charge in [-0.25, -0.2) is 15.0 Å². The van der Waals surface area contributed by atoms with Crippen LogP contribution in [0.25, 0.3) is 11.2 Å². The molecule has 142 valence electrons. The quantitative estimate of drug-likeness (QED) is 0.391. The van der Waals surface area contributed by atoms with Crippen molar-refractivity contribution in [1.82, 2.24) is 19.5 Å². The van der Waals surface area contributed by atoms with Crippen molar-refractivity contribution in [2.45, 2.75) is 42.9 Å². The lowest BCUT2D eigenvalue weighted by molar-refractivity contribution is -0.107. The SMILES string of the molecule is COCC1OC(n2c(SCCCC=O)nc3c(N)ncnc32)CC1OC. The van der Waals surface area contributed by atoms with E-state index >= 15 is 0 Å². The fourth-order valence-electron chi connectivity index (χ4n) is 3.02. The number of carbonyl (C=O) groups excluding carboxylic acids is 1. The van der Waals surface area contributed by atoms with E-state index in [1.807, 2.05) is 4.57 Å². The van der Waals surface area contributed by atoms with Crippen LogP contribution in [0.3, 0.4) is 0 Å². The fraction of sp³-hybridized carbons (Fsp3) is 0.625. The number of aromatic nitrogens is 4. The monoisotopic (exact) mass is 381 g/mol. The highest BCUT2D eigenvalue weighted by molar-refractivity contribution is 7.99. The topological polar surface area (TPSA) is 114 Å². The van der Waals surface area contributed by atoms with Crippen molar-refractivity contribution < 1.29 is 19.0 Å². The third-order valence-corrected chi connectivity index (χ3v) is 5.31. The third kappa shape index (κ3) is 3.83. The number of hydrogen-bond acceptors (Lipinski definition) is 9. The number of methoxy groups -OCH3 is 2. The number of hydrogen-bond donors (Lipinski definition) is 1. The van der Waals surface area contributed by atoms with Crippen molar-refractivity contribution in [2.24, 2.45) is 0 Å². The van der Waals surface area contributed by atoms with Crippen molar-refractivity contribution >= 4 is 35.0 Å². The van der Waals surface area contributed by atoms with Crippen molar-refractivity contribution in [3.05, 3.63) is 6.33 Å². The van der Waals surface area contributed by atoms with Gasteiger partial charge in [-0.2, -0.15) is 0 Å². The summed E-state index contributed by atoms with van der Waals surface area (Å²) < 4.78 is 18.9. The van der Waals surface area contributed by atoms with Gasteiger partial charge in [0.15, 0.2) is 22.1 Å². The van der Waals surface area contributed by atoms with E-state index in [1.165, 1.54) is 6.33 Å². The molecule has 3 atom stereocenters. The maximum absolute atomic E-state index is 10.5. The van der Waals surface area contributed by atoms with Gasteiger partial charge in [-0.15, -0.1) is 0 Å². The number of nitrogens with zero attached hydrogens (tertiary/aromatic N) is 4. The number of nitrogen functional groups attached to an aromatic ring is 1. The minimum Gasteiger partial charge on any atom is -0.382 e. The van der Waals surface area contributed by atoms with E-state index in [1.54, 1.807) is 26.0 Å². The standard InChI is InChI=1S/C16H23N5O4S/c1-23-8-11-10(24-2)7-12(25-11)21-15-13(14(17)18-9-19-15)20-16(21)26-6-4-3-5-22/h5,9-12H,3-4,6-8H2,1-2H3,(H2,17,18,19). The molecule has 1 fully saturated rings. The van der Waals surface area contributed by atoms with Gasteiger partial charge in [0.1, 0.15) is 24.9 Å². The molecule has 3 heterocycles. The Kier molecular flexibility index (Phi) is 6.41. The lowest BCUT2D eigenvalue weighted by Crippen LogP contribution is -2.27. The second-order valence-corrected chi connectivity index (χ2v) is 7.01. The summed E-state index contributed by atoms with van der Waals surface area (Å²) in [6.07, 6.45) is 3.77. The minimum atomic E-state index is -0.284. The van der Waals surface area contributed by atoms with Gasteiger partial charge in [0.05, 0.1) is 12.7 Å². The number of anilines is 1. The van der Waals surface area contributed by atoms with Gasteiger partial charge in [0, 0.05) is 32.8 Å². The van der Waals surface area contributed by atoms with Gasteiger partial charge < -0.3 is 24.7 Å². The van der Waals surface area contributed by atoms with Crippen molar-refractivity contribution in [2.75, 3.05) is 32.3 Å². The van der Waals surface area contributed by atoms with Crippen LogP contribution < -0.4 is 5.73 Å². The van der Waals surface area contributed by atoms with Crippen molar-refractivity contribution in [3.63, 3.8) is 0 Å². The zero-order chi connectivity index (χ0) is 18.5. The number of nitrogens with two attached hydrogens (primary N) is 1. The largest absolute Gasteiger partial charge is 0.382 e. The summed E-state index contributed by atoms with van der Waals surface area (Å²) in [6.45, 7) is 0.445. The maximum atomic E-state index is 10.5. The van der Waals surface area contributed by atoms with Gasteiger partial charge in [-0.3, -0.25) is 4.57 Å². The van der Waals surface area contributed by atoms with Crippen LogP contribution in [0.1, 0.15) is 25.5 Å². The van der Waals surface area contributed by atoms with Crippen molar-refractivity contribution in [1.29, 1.82) is 0 Å². The minimum absolute atomic E-state index is 0.0792. The smallest absolute Gasteiger partial charge is 0.172 e.